The first-order chi connectivity index (χ1) is 9.47. The third kappa shape index (κ3) is 3.09. The van der Waals surface area contributed by atoms with Crippen LogP contribution in [0.4, 0.5) is 18.9 Å². The van der Waals surface area contributed by atoms with E-state index in [1.54, 1.807) is 24.3 Å². The maximum atomic E-state index is 13.4. The average Bonchev–Trinajstić information content (AvgIpc) is 2.37. The molecular formula is C14H11F3N2O. The van der Waals surface area contributed by atoms with Crippen LogP contribution in [0.25, 0.3) is 0 Å². The number of carbonyl (C=O) groups excluding carboxylic acids is 1. The summed E-state index contributed by atoms with van der Waals surface area (Å²) in [7, 11) is 0. The van der Waals surface area contributed by atoms with Crippen molar-refractivity contribution in [1.29, 1.82) is 0 Å². The van der Waals surface area contributed by atoms with Gasteiger partial charge in [0.2, 0.25) is 0 Å². The Balaban J connectivity index is 2.11. The molecule has 0 spiro atoms. The van der Waals surface area contributed by atoms with Gasteiger partial charge in [0, 0.05) is 24.4 Å². The van der Waals surface area contributed by atoms with Gasteiger partial charge in [-0.15, -0.1) is 0 Å². The number of amides is 1. The molecule has 0 atom stereocenters. The largest absolute Gasteiger partial charge is 0.399 e. The molecule has 0 aliphatic rings. The van der Waals surface area contributed by atoms with Gasteiger partial charge in [0.25, 0.3) is 5.91 Å². The zero-order valence-electron chi connectivity index (χ0n) is 10.3. The summed E-state index contributed by atoms with van der Waals surface area (Å²) in [4.78, 5) is 11.7. The molecule has 0 aliphatic heterocycles. The third-order valence-corrected chi connectivity index (χ3v) is 2.67. The molecule has 2 aromatic carbocycles. The highest BCUT2D eigenvalue weighted by Gasteiger charge is 2.18. The van der Waals surface area contributed by atoms with Gasteiger partial charge in [0.1, 0.15) is 23.0 Å². The fraction of sp³-hybridized carbons (Fsp3) is 0.0714. The molecule has 3 N–H and O–H groups in total. The molecule has 3 nitrogen and oxygen atoms in total. The van der Waals surface area contributed by atoms with Crippen molar-refractivity contribution in [3.8, 4) is 0 Å². The molecule has 20 heavy (non-hydrogen) atoms. The van der Waals surface area contributed by atoms with Crippen LogP contribution >= 0.6 is 0 Å². The van der Waals surface area contributed by atoms with Gasteiger partial charge in [-0.1, -0.05) is 12.1 Å². The topological polar surface area (TPSA) is 55.1 Å². The highest BCUT2D eigenvalue weighted by Crippen LogP contribution is 2.15. The molecule has 0 radical (unpaired) electrons. The van der Waals surface area contributed by atoms with E-state index in [-0.39, 0.29) is 6.54 Å². The van der Waals surface area contributed by atoms with Crippen LogP contribution in [0.5, 0.6) is 0 Å². The van der Waals surface area contributed by atoms with Gasteiger partial charge in [-0.25, -0.2) is 13.2 Å². The van der Waals surface area contributed by atoms with E-state index in [1.165, 1.54) is 0 Å². The van der Waals surface area contributed by atoms with E-state index >= 15 is 0 Å². The van der Waals surface area contributed by atoms with E-state index in [2.05, 4.69) is 5.32 Å². The summed E-state index contributed by atoms with van der Waals surface area (Å²) in [5.41, 5.74) is 5.99. The monoisotopic (exact) mass is 280 g/mol. The quantitative estimate of drug-likeness (QED) is 0.849. The summed E-state index contributed by atoms with van der Waals surface area (Å²) in [6, 6.07) is 7.55. The summed E-state index contributed by atoms with van der Waals surface area (Å²) in [5, 5.41) is 2.35. The lowest BCUT2D eigenvalue weighted by Gasteiger charge is -2.07. The Labute approximate surface area is 113 Å². The number of nitrogens with two attached hydrogens (primary N) is 1. The van der Waals surface area contributed by atoms with Crippen LogP contribution in [0.2, 0.25) is 0 Å². The van der Waals surface area contributed by atoms with E-state index in [0.717, 1.165) is 5.56 Å². The predicted molar refractivity (Wildman–Crippen MR) is 68.3 cm³/mol. The second kappa shape index (κ2) is 5.64. The summed E-state index contributed by atoms with van der Waals surface area (Å²) in [5.74, 6) is -4.50. The first kappa shape index (κ1) is 13.9. The summed E-state index contributed by atoms with van der Waals surface area (Å²) in [6.45, 7) is 0.0787. The van der Waals surface area contributed by atoms with Gasteiger partial charge in [-0.3, -0.25) is 4.79 Å². The summed E-state index contributed by atoms with van der Waals surface area (Å²) >= 11 is 0. The van der Waals surface area contributed by atoms with Gasteiger partial charge < -0.3 is 11.1 Å². The van der Waals surface area contributed by atoms with Crippen LogP contribution < -0.4 is 11.1 Å². The Morgan fingerprint density at radius 2 is 1.60 bits per heavy atom. The Morgan fingerprint density at radius 1 is 1.05 bits per heavy atom. The molecule has 1 amide bonds. The summed E-state index contributed by atoms with van der Waals surface area (Å²) < 4.78 is 39.5. The van der Waals surface area contributed by atoms with Crippen LogP contribution in [0.3, 0.4) is 0 Å². The molecule has 0 unspecified atom stereocenters. The van der Waals surface area contributed by atoms with Gasteiger partial charge in [0.15, 0.2) is 0 Å². The zero-order valence-corrected chi connectivity index (χ0v) is 10.3. The number of halogens is 3. The fourth-order valence-electron chi connectivity index (χ4n) is 1.67. The molecule has 0 aromatic heterocycles. The molecule has 0 aliphatic carbocycles. The minimum Gasteiger partial charge on any atom is -0.399 e. The highest BCUT2D eigenvalue weighted by molar-refractivity contribution is 5.94. The van der Waals surface area contributed by atoms with Crippen molar-refractivity contribution in [2.24, 2.45) is 0 Å². The van der Waals surface area contributed by atoms with E-state index < -0.39 is 28.9 Å². The number of anilines is 1. The maximum Gasteiger partial charge on any atom is 0.257 e. The highest BCUT2D eigenvalue weighted by atomic mass is 19.1. The first-order valence-corrected chi connectivity index (χ1v) is 5.74. The predicted octanol–water partition coefficient (Wildman–Crippen LogP) is 2.62. The average molecular weight is 280 g/mol. The zero-order chi connectivity index (χ0) is 14.7. The molecule has 0 fully saturated rings. The minimum atomic E-state index is -1.24. The molecule has 0 saturated carbocycles. The van der Waals surface area contributed by atoms with Crippen LogP contribution in [-0.4, -0.2) is 5.91 Å². The minimum absolute atomic E-state index is 0.0787. The first-order valence-electron chi connectivity index (χ1n) is 5.74. The SMILES string of the molecule is Nc1ccc(CNC(=O)c2c(F)cc(F)cc2F)cc1. The number of nitrogens with one attached hydrogen (secondary N) is 1. The van der Waals surface area contributed by atoms with Crippen molar-refractivity contribution in [2.75, 3.05) is 5.73 Å². The molecule has 104 valence electrons. The third-order valence-electron chi connectivity index (χ3n) is 2.67. The van der Waals surface area contributed by atoms with Crippen LogP contribution in [0.1, 0.15) is 15.9 Å². The fourth-order valence-corrected chi connectivity index (χ4v) is 1.67. The van der Waals surface area contributed by atoms with Gasteiger partial charge in [0.05, 0.1) is 0 Å². The molecule has 0 bridgehead atoms. The van der Waals surface area contributed by atoms with E-state index in [9.17, 15) is 18.0 Å². The number of carbonyl (C=O) groups is 1. The number of hydrogen-bond donors (Lipinski definition) is 2. The number of nitrogen functional groups attached to an aromatic ring is 1. The Bertz CT molecular complexity index is 618. The Morgan fingerprint density at radius 3 is 2.15 bits per heavy atom. The van der Waals surface area contributed by atoms with E-state index in [1.807, 2.05) is 0 Å². The Hall–Kier alpha value is -2.50. The lowest BCUT2D eigenvalue weighted by molar-refractivity contribution is 0.0942. The molecule has 0 heterocycles. The lowest BCUT2D eigenvalue weighted by atomic mass is 10.1. The van der Waals surface area contributed by atoms with Crippen molar-refractivity contribution < 1.29 is 18.0 Å². The molecular weight excluding hydrogens is 269 g/mol. The van der Waals surface area contributed by atoms with Crippen molar-refractivity contribution >= 4 is 11.6 Å². The van der Waals surface area contributed by atoms with Crippen molar-refractivity contribution in [2.45, 2.75) is 6.54 Å². The van der Waals surface area contributed by atoms with Crippen LogP contribution in [-0.2, 0) is 6.54 Å². The lowest BCUT2D eigenvalue weighted by Crippen LogP contribution is -2.25. The van der Waals surface area contributed by atoms with Crippen molar-refractivity contribution in [3.63, 3.8) is 0 Å². The molecule has 2 aromatic rings. The maximum absolute atomic E-state index is 13.4. The smallest absolute Gasteiger partial charge is 0.257 e. The van der Waals surface area contributed by atoms with E-state index in [4.69, 9.17) is 5.73 Å². The second-order valence-electron chi connectivity index (χ2n) is 4.17. The van der Waals surface area contributed by atoms with Crippen LogP contribution in [0, 0.1) is 17.5 Å². The van der Waals surface area contributed by atoms with Gasteiger partial charge in [-0.05, 0) is 17.7 Å². The number of benzene rings is 2. The van der Waals surface area contributed by atoms with Crippen molar-refractivity contribution in [3.05, 3.63) is 65.0 Å². The molecule has 6 heteroatoms. The second-order valence-corrected chi connectivity index (χ2v) is 4.17. The van der Waals surface area contributed by atoms with Gasteiger partial charge >= 0.3 is 0 Å². The summed E-state index contributed by atoms with van der Waals surface area (Å²) in [6.07, 6.45) is 0. The Kier molecular flexibility index (Phi) is 3.93. The number of rotatable bonds is 3. The van der Waals surface area contributed by atoms with Gasteiger partial charge in [-0.2, -0.15) is 0 Å². The van der Waals surface area contributed by atoms with E-state index in [0.29, 0.717) is 17.8 Å². The molecule has 0 saturated heterocycles. The number of hydrogen-bond acceptors (Lipinski definition) is 2. The van der Waals surface area contributed by atoms with Crippen molar-refractivity contribution in [1.82, 2.24) is 5.32 Å². The normalized spacial score (nSPS) is 10.3. The van der Waals surface area contributed by atoms with Crippen LogP contribution in [0.15, 0.2) is 36.4 Å². The standard InChI is InChI=1S/C14H11F3N2O/c15-9-5-11(16)13(12(17)6-9)14(20)19-7-8-1-3-10(18)4-2-8/h1-6H,7,18H2,(H,19,20). The molecule has 2 rings (SSSR count).